The first kappa shape index (κ1) is 11.5. The summed E-state index contributed by atoms with van der Waals surface area (Å²) in [5, 5.41) is 1.96. The number of aryl methyl sites for hydroxylation is 1. The van der Waals surface area contributed by atoms with Gasteiger partial charge in [0.15, 0.2) is 0 Å². The molecule has 1 aliphatic heterocycles. The van der Waals surface area contributed by atoms with E-state index >= 15 is 0 Å². The minimum absolute atomic E-state index is 0.168. The van der Waals surface area contributed by atoms with Gasteiger partial charge in [-0.25, -0.2) is 0 Å². The SMILES string of the molecule is O=C(c1cccs1)N1CCCc2ccccc2C1. The third kappa shape index (κ3) is 2.18. The molecule has 2 heterocycles. The molecule has 0 saturated carbocycles. The van der Waals surface area contributed by atoms with Crippen LogP contribution in [-0.4, -0.2) is 17.4 Å². The fourth-order valence-electron chi connectivity index (χ4n) is 2.43. The van der Waals surface area contributed by atoms with Crippen LogP contribution in [0.15, 0.2) is 41.8 Å². The smallest absolute Gasteiger partial charge is 0.264 e. The fourth-order valence-corrected chi connectivity index (χ4v) is 3.12. The number of thiophene rings is 1. The first-order valence-electron chi connectivity index (χ1n) is 6.24. The molecule has 92 valence electrons. The zero-order valence-electron chi connectivity index (χ0n) is 10.1. The van der Waals surface area contributed by atoms with Gasteiger partial charge in [0, 0.05) is 13.1 Å². The van der Waals surface area contributed by atoms with Gasteiger partial charge in [-0.05, 0) is 35.4 Å². The maximum atomic E-state index is 12.4. The summed E-state index contributed by atoms with van der Waals surface area (Å²) in [6.07, 6.45) is 2.12. The van der Waals surface area contributed by atoms with Gasteiger partial charge >= 0.3 is 0 Å². The summed E-state index contributed by atoms with van der Waals surface area (Å²) in [4.78, 5) is 15.2. The van der Waals surface area contributed by atoms with Crippen LogP contribution < -0.4 is 0 Å². The molecule has 0 saturated heterocycles. The Hall–Kier alpha value is -1.61. The molecular formula is C15H15NOS. The molecule has 18 heavy (non-hydrogen) atoms. The molecule has 0 bridgehead atoms. The summed E-state index contributed by atoms with van der Waals surface area (Å²) < 4.78 is 0. The molecule has 0 N–H and O–H groups in total. The van der Waals surface area contributed by atoms with Gasteiger partial charge in [0.05, 0.1) is 4.88 Å². The lowest BCUT2D eigenvalue weighted by atomic mass is 10.0. The first-order valence-corrected chi connectivity index (χ1v) is 7.12. The van der Waals surface area contributed by atoms with E-state index in [0.29, 0.717) is 0 Å². The van der Waals surface area contributed by atoms with Crippen molar-refractivity contribution in [3.63, 3.8) is 0 Å². The van der Waals surface area contributed by atoms with E-state index in [9.17, 15) is 4.79 Å². The maximum absolute atomic E-state index is 12.4. The van der Waals surface area contributed by atoms with Gasteiger partial charge in [-0.1, -0.05) is 30.3 Å². The molecule has 1 aromatic carbocycles. The molecule has 0 unspecified atom stereocenters. The molecule has 0 spiro atoms. The van der Waals surface area contributed by atoms with Gasteiger partial charge in [-0.2, -0.15) is 0 Å². The van der Waals surface area contributed by atoms with E-state index in [0.717, 1.165) is 30.8 Å². The van der Waals surface area contributed by atoms with Crippen molar-refractivity contribution in [3.8, 4) is 0 Å². The Morgan fingerprint density at radius 2 is 1.94 bits per heavy atom. The predicted octanol–water partition coefficient (Wildman–Crippen LogP) is 3.34. The lowest BCUT2D eigenvalue weighted by Gasteiger charge is -2.20. The number of hydrogen-bond acceptors (Lipinski definition) is 2. The number of fused-ring (bicyclic) bond motifs is 1. The average Bonchev–Trinajstić information content (AvgIpc) is 2.84. The van der Waals surface area contributed by atoms with Crippen molar-refractivity contribution in [1.82, 2.24) is 4.90 Å². The van der Waals surface area contributed by atoms with Crippen molar-refractivity contribution in [1.29, 1.82) is 0 Å². The summed E-state index contributed by atoms with van der Waals surface area (Å²) in [6.45, 7) is 1.60. The largest absolute Gasteiger partial charge is 0.334 e. The Labute approximate surface area is 111 Å². The third-order valence-electron chi connectivity index (χ3n) is 3.37. The molecule has 0 aliphatic carbocycles. The Bertz CT molecular complexity index is 547. The number of rotatable bonds is 1. The molecule has 2 nitrogen and oxygen atoms in total. The van der Waals surface area contributed by atoms with E-state index in [4.69, 9.17) is 0 Å². The summed E-state index contributed by atoms with van der Waals surface area (Å²) in [5.74, 6) is 0.168. The van der Waals surface area contributed by atoms with Crippen molar-refractivity contribution in [2.24, 2.45) is 0 Å². The molecule has 1 amide bonds. The minimum Gasteiger partial charge on any atom is -0.334 e. The number of hydrogen-bond donors (Lipinski definition) is 0. The zero-order chi connectivity index (χ0) is 12.4. The third-order valence-corrected chi connectivity index (χ3v) is 4.23. The number of benzene rings is 1. The molecule has 0 radical (unpaired) electrons. The van der Waals surface area contributed by atoms with Crippen LogP contribution in [0.25, 0.3) is 0 Å². The van der Waals surface area contributed by atoms with Gasteiger partial charge in [-0.3, -0.25) is 4.79 Å². The van der Waals surface area contributed by atoms with Gasteiger partial charge in [0.1, 0.15) is 0 Å². The van der Waals surface area contributed by atoms with Crippen molar-refractivity contribution in [3.05, 3.63) is 57.8 Å². The van der Waals surface area contributed by atoms with Crippen LogP contribution in [0.2, 0.25) is 0 Å². The minimum atomic E-state index is 0.168. The van der Waals surface area contributed by atoms with Crippen LogP contribution in [0.5, 0.6) is 0 Å². The van der Waals surface area contributed by atoms with E-state index in [2.05, 4.69) is 24.3 Å². The van der Waals surface area contributed by atoms with E-state index in [1.54, 1.807) is 0 Å². The highest BCUT2D eigenvalue weighted by molar-refractivity contribution is 7.12. The standard InChI is InChI=1S/C15H15NOS/c17-15(14-8-4-10-18-14)16-9-3-7-12-5-1-2-6-13(12)11-16/h1-2,4-6,8,10H,3,7,9,11H2. The number of nitrogens with zero attached hydrogens (tertiary/aromatic N) is 1. The van der Waals surface area contributed by atoms with Crippen molar-refractivity contribution in [2.75, 3.05) is 6.54 Å². The van der Waals surface area contributed by atoms with Crippen molar-refractivity contribution in [2.45, 2.75) is 19.4 Å². The molecule has 2 aromatic rings. The average molecular weight is 257 g/mol. The van der Waals surface area contributed by atoms with Crippen LogP contribution >= 0.6 is 11.3 Å². The Kier molecular flexibility index (Phi) is 3.15. The lowest BCUT2D eigenvalue weighted by Crippen LogP contribution is -2.30. The Balaban J connectivity index is 1.85. The molecule has 3 rings (SSSR count). The van der Waals surface area contributed by atoms with Crippen LogP contribution in [0.3, 0.4) is 0 Å². The second-order valence-corrected chi connectivity index (χ2v) is 5.52. The molecule has 0 atom stereocenters. The van der Waals surface area contributed by atoms with Crippen LogP contribution in [0, 0.1) is 0 Å². The second kappa shape index (κ2) is 4.94. The van der Waals surface area contributed by atoms with Crippen molar-refractivity contribution >= 4 is 17.2 Å². The lowest BCUT2D eigenvalue weighted by molar-refractivity contribution is 0.0751. The quantitative estimate of drug-likeness (QED) is 0.767. The Morgan fingerprint density at radius 1 is 1.11 bits per heavy atom. The Morgan fingerprint density at radius 3 is 2.72 bits per heavy atom. The monoisotopic (exact) mass is 257 g/mol. The summed E-state index contributed by atoms with van der Waals surface area (Å²) in [6, 6.07) is 12.3. The first-order chi connectivity index (χ1) is 8.84. The van der Waals surface area contributed by atoms with Crippen LogP contribution in [-0.2, 0) is 13.0 Å². The van der Waals surface area contributed by atoms with E-state index in [1.165, 1.54) is 22.5 Å². The molecular weight excluding hydrogens is 242 g/mol. The van der Waals surface area contributed by atoms with E-state index in [-0.39, 0.29) is 5.91 Å². The van der Waals surface area contributed by atoms with Crippen LogP contribution in [0.4, 0.5) is 0 Å². The zero-order valence-corrected chi connectivity index (χ0v) is 11.0. The van der Waals surface area contributed by atoms with Gasteiger partial charge in [-0.15, -0.1) is 11.3 Å². The van der Waals surface area contributed by atoms with Gasteiger partial charge in [0.2, 0.25) is 0 Å². The fraction of sp³-hybridized carbons (Fsp3) is 0.267. The maximum Gasteiger partial charge on any atom is 0.264 e. The number of carbonyl (C=O) groups excluding carboxylic acids is 1. The highest BCUT2D eigenvalue weighted by Gasteiger charge is 2.20. The van der Waals surface area contributed by atoms with Crippen LogP contribution in [0.1, 0.15) is 27.2 Å². The van der Waals surface area contributed by atoms with Gasteiger partial charge in [0.25, 0.3) is 5.91 Å². The summed E-state index contributed by atoms with van der Waals surface area (Å²) >= 11 is 1.52. The summed E-state index contributed by atoms with van der Waals surface area (Å²) in [5.41, 5.74) is 2.68. The number of amides is 1. The van der Waals surface area contributed by atoms with Crippen molar-refractivity contribution < 1.29 is 4.79 Å². The van der Waals surface area contributed by atoms with Gasteiger partial charge < -0.3 is 4.90 Å². The van der Waals surface area contributed by atoms with E-state index < -0.39 is 0 Å². The second-order valence-electron chi connectivity index (χ2n) is 4.58. The molecule has 1 aliphatic rings. The normalized spacial score (nSPS) is 15.0. The molecule has 0 fully saturated rings. The molecule has 1 aromatic heterocycles. The topological polar surface area (TPSA) is 20.3 Å². The molecule has 3 heteroatoms. The van der Waals surface area contributed by atoms with E-state index in [1.807, 2.05) is 22.4 Å². The predicted molar refractivity (Wildman–Crippen MR) is 73.8 cm³/mol. The highest BCUT2D eigenvalue weighted by atomic mass is 32.1. The summed E-state index contributed by atoms with van der Waals surface area (Å²) in [7, 11) is 0. The highest BCUT2D eigenvalue weighted by Crippen LogP contribution is 2.21. The number of carbonyl (C=O) groups is 1.